The quantitative estimate of drug-likeness (QED) is 0.433. The Kier molecular flexibility index (Phi) is 5.84. The van der Waals surface area contributed by atoms with Crippen molar-refractivity contribution in [1.29, 1.82) is 0 Å². The molecule has 9 heteroatoms. The Bertz CT molecular complexity index is 1410. The predicted octanol–water partition coefficient (Wildman–Crippen LogP) is 3.69. The number of anilines is 1. The fourth-order valence-corrected chi connectivity index (χ4v) is 6.37. The average molecular weight is 536 g/mol. The first-order valence-corrected chi connectivity index (χ1v) is 12.8. The van der Waals surface area contributed by atoms with Crippen LogP contribution in [0.25, 0.3) is 0 Å². The summed E-state index contributed by atoms with van der Waals surface area (Å²) >= 11 is 12.4. The monoisotopic (exact) mass is 535 g/mol. The molecule has 0 aromatic heterocycles. The molecule has 6 rings (SSSR count). The van der Waals surface area contributed by atoms with Gasteiger partial charge >= 0.3 is 0 Å². The largest absolute Gasteiger partial charge is 0.387 e. The lowest BCUT2D eigenvalue weighted by molar-refractivity contribution is -0.143. The maximum absolute atomic E-state index is 13.9. The third-order valence-electron chi connectivity index (χ3n) is 7.74. The van der Waals surface area contributed by atoms with Gasteiger partial charge in [0.15, 0.2) is 0 Å². The van der Waals surface area contributed by atoms with Gasteiger partial charge in [0.1, 0.15) is 5.54 Å². The first kappa shape index (κ1) is 24.1. The number of carbonyl (C=O) groups excluding carboxylic acids is 3. The zero-order chi connectivity index (χ0) is 25.9. The number of imide groups is 1. The molecule has 1 spiro atoms. The van der Waals surface area contributed by atoms with Crippen molar-refractivity contribution < 1.29 is 19.5 Å². The third kappa shape index (κ3) is 3.61. The maximum atomic E-state index is 13.9. The highest BCUT2D eigenvalue weighted by atomic mass is 35.5. The molecule has 3 amide bonds. The van der Waals surface area contributed by atoms with E-state index in [4.69, 9.17) is 23.2 Å². The molecule has 188 valence electrons. The summed E-state index contributed by atoms with van der Waals surface area (Å²) in [6.07, 6.45) is -0.692. The van der Waals surface area contributed by atoms with E-state index in [1.54, 1.807) is 42.5 Å². The van der Waals surface area contributed by atoms with Crippen molar-refractivity contribution in [2.45, 2.75) is 24.1 Å². The zero-order valence-electron chi connectivity index (χ0n) is 19.5. The average Bonchev–Trinajstić information content (AvgIpc) is 3.49. The zero-order valence-corrected chi connectivity index (χ0v) is 21.0. The van der Waals surface area contributed by atoms with E-state index >= 15 is 0 Å². The first-order valence-electron chi connectivity index (χ1n) is 12.0. The number of hydrogen-bond acceptors (Lipinski definition) is 5. The molecule has 2 fully saturated rings. The highest BCUT2D eigenvalue weighted by Gasteiger charge is 2.71. The van der Waals surface area contributed by atoms with E-state index < -0.39 is 47.2 Å². The molecule has 0 aliphatic carbocycles. The van der Waals surface area contributed by atoms with E-state index in [9.17, 15) is 19.5 Å². The number of halogens is 2. The fourth-order valence-electron chi connectivity index (χ4n) is 6.03. The predicted molar refractivity (Wildman–Crippen MR) is 139 cm³/mol. The van der Waals surface area contributed by atoms with Gasteiger partial charge in [0, 0.05) is 17.1 Å². The summed E-state index contributed by atoms with van der Waals surface area (Å²) < 4.78 is 0. The number of carbonyl (C=O) groups is 3. The molecular formula is C28H23Cl2N3O4. The van der Waals surface area contributed by atoms with E-state index in [-0.39, 0.29) is 6.54 Å². The normalized spacial score (nSPS) is 26.9. The summed E-state index contributed by atoms with van der Waals surface area (Å²) in [5.74, 6) is -3.31. The van der Waals surface area contributed by atoms with Crippen LogP contribution in [0.2, 0.25) is 10.0 Å². The van der Waals surface area contributed by atoms with Gasteiger partial charge in [-0.15, -0.1) is 0 Å². The summed E-state index contributed by atoms with van der Waals surface area (Å²) in [7, 11) is 0. The summed E-state index contributed by atoms with van der Waals surface area (Å²) in [5, 5.41) is 18.3. The number of aliphatic hydroxyl groups excluding tert-OH is 1. The molecular weight excluding hydrogens is 513 g/mol. The van der Waals surface area contributed by atoms with Gasteiger partial charge in [0.25, 0.3) is 0 Å². The molecule has 3 N–H and O–H groups in total. The molecule has 7 nitrogen and oxygen atoms in total. The Morgan fingerprint density at radius 3 is 2.38 bits per heavy atom. The Morgan fingerprint density at radius 1 is 0.919 bits per heavy atom. The second-order valence-corrected chi connectivity index (χ2v) is 10.5. The highest BCUT2D eigenvalue weighted by molar-refractivity contribution is 6.35. The molecule has 0 saturated carbocycles. The molecule has 5 atom stereocenters. The topological polar surface area (TPSA) is 98.7 Å². The number of nitrogens with one attached hydrogen (secondary N) is 2. The molecule has 3 aliphatic rings. The van der Waals surface area contributed by atoms with E-state index in [1.807, 2.05) is 30.3 Å². The lowest BCUT2D eigenvalue weighted by Crippen LogP contribution is -2.54. The maximum Gasteiger partial charge on any atom is 0.250 e. The molecule has 3 aliphatic heterocycles. The highest BCUT2D eigenvalue weighted by Crippen LogP contribution is 2.55. The van der Waals surface area contributed by atoms with Gasteiger partial charge in [-0.3, -0.25) is 24.6 Å². The minimum atomic E-state index is -1.54. The molecule has 3 heterocycles. The summed E-state index contributed by atoms with van der Waals surface area (Å²) in [5.41, 5.74) is 0.866. The van der Waals surface area contributed by atoms with Crippen LogP contribution in [0.1, 0.15) is 22.8 Å². The summed E-state index contributed by atoms with van der Waals surface area (Å²) in [6.45, 7) is 0.179. The van der Waals surface area contributed by atoms with Gasteiger partial charge in [-0.25, -0.2) is 0 Å². The summed E-state index contributed by atoms with van der Waals surface area (Å²) in [4.78, 5) is 42.6. The van der Waals surface area contributed by atoms with E-state index in [0.29, 0.717) is 33.3 Å². The van der Waals surface area contributed by atoms with Crippen molar-refractivity contribution in [3.05, 3.63) is 99.5 Å². The van der Waals surface area contributed by atoms with E-state index in [1.165, 1.54) is 4.90 Å². The van der Waals surface area contributed by atoms with Crippen molar-refractivity contribution in [2.24, 2.45) is 11.8 Å². The second kappa shape index (κ2) is 8.96. The van der Waals surface area contributed by atoms with Crippen LogP contribution in [0.3, 0.4) is 0 Å². The molecule has 0 bridgehead atoms. The third-order valence-corrected chi connectivity index (χ3v) is 8.31. The van der Waals surface area contributed by atoms with E-state index in [2.05, 4.69) is 10.6 Å². The number of aliphatic hydroxyl groups is 1. The van der Waals surface area contributed by atoms with Crippen molar-refractivity contribution >= 4 is 46.6 Å². The standard InChI is InChI=1S/C28H23Cl2N3O4/c29-17-11-9-16(10-12-17)24(34)23-20-21(26(36)33(25(20)35)14-13-15-5-2-1-3-6-15)28(32-23)18-7-4-8-19(30)22(18)31-27(28)37/h1-12,20-21,23-24,32,34H,13-14H2,(H,31,37)/t20-,21+,23-,24+,28+/m0/s1. The first-order chi connectivity index (χ1) is 17.8. The molecule has 0 radical (unpaired) electrons. The number of para-hydroxylation sites is 1. The van der Waals surface area contributed by atoms with Gasteiger partial charge in [0.2, 0.25) is 17.7 Å². The Hall–Kier alpha value is -3.23. The number of benzene rings is 3. The van der Waals surface area contributed by atoms with Gasteiger partial charge in [-0.2, -0.15) is 0 Å². The number of fused-ring (bicyclic) bond motifs is 4. The van der Waals surface area contributed by atoms with Crippen LogP contribution in [-0.2, 0) is 26.3 Å². The molecule has 2 saturated heterocycles. The van der Waals surface area contributed by atoms with Crippen LogP contribution in [0.15, 0.2) is 72.8 Å². The Labute approximate surface area is 223 Å². The Balaban J connectivity index is 1.43. The van der Waals surface area contributed by atoms with Crippen molar-refractivity contribution in [2.75, 3.05) is 11.9 Å². The van der Waals surface area contributed by atoms with Crippen LogP contribution in [-0.4, -0.2) is 40.3 Å². The van der Waals surface area contributed by atoms with Crippen LogP contribution >= 0.6 is 23.2 Å². The van der Waals surface area contributed by atoms with Gasteiger partial charge in [0.05, 0.1) is 34.7 Å². The minimum Gasteiger partial charge on any atom is -0.387 e. The SMILES string of the molecule is O=C1[C@@H]2[C@@H]([C@H](O)c3ccc(Cl)cc3)N[C@@]3(C(=O)Nc4c(Cl)cccc43)[C@H]2C(=O)N1CCc1ccccc1. The van der Waals surface area contributed by atoms with Crippen LogP contribution in [0.4, 0.5) is 5.69 Å². The van der Waals surface area contributed by atoms with E-state index in [0.717, 1.165) is 5.56 Å². The minimum absolute atomic E-state index is 0.179. The number of hydrogen-bond donors (Lipinski definition) is 3. The van der Waals surface area contributed by atoms with Crippen LogP contribution in [0.5, 0.6) is 0 Å². The smallest absolute Gasteiger partial charge is 0.250 e. The van der Waals surface area contributed by atoms with Gasteiger partial charge in [-0.1, -0.05) is 77.8 Å². The van der Waals surface area contributed by atoms with Crippen LogP contribution in [0, 0.1) is 11.8 Å². The molecule has 3 aromatic carbocycles. The number of likely N-dealkylation sites (tertiary alicyclic amines) is 1. The van der Waals surface area contributed by atoms with Crippen molar-refractivity contribution in [3.63, 3.8) is 0 Å². The molecule has 3 aromatic rings. The van der Waals surface area contributed by atoms with Gasteiger partial charge < -0.3 is 10.4 Å². The lowest BCUT2D eigenvalue weighted by atomic mass is 9.76. The van der Waals surface area contributed by atoms with Gasteiger partial charge in [-0.05, 0) is 35.7 Å². The lowest BCUT2D eigenvalue weighted by Gasteiger charge is -2.30. The fraction of sp³-hybridized carbons (Fsp3) is 0.250. The second-order valence-electron chi connectivity index (χ2n) is 9.66. The Morgan fingerprint density at radius 2 is 1.65 bits per heavy atom. The molecule has 37 heavy (non-hydrogen) atoms. The van der Waals surface area contributed by atoms with Crippen LogP contribution < -0.4 is 10.6 Å². The molecule has 0 unspecified atom stereocenters. The van der Waals surface area contributed by atoms with Crippen molar-refractivity contribution in [3.8, 4) is 0 Å². The van der Waals surface area contributed by atoms with Crippen molar-refractivity contribution in [1.82, 2.24) is 10.2 Å². The number of nitrogens with zero attached hydrogens (tertiary/aromatic N) is 1. The summed E-state index contributed by atoms with van der Waals surface area (Å²) in [6, 6.07) is 20.4. The number of amides is 3. The number of rotatable bonds is 5.